The number of carbonyl (C=O) groups is 3. The van der Waals surface area contributed by atoms with Gasteiger partial charge in [-0.2, -0.15) is 0 Å². The van der Waals surface area contributed by atoms with Gasteiger partial charge < -0.3 is 25.4 Å². The Kier molecular flexibility index (Phi) is 7.55. The number of ether oxygens (including phenoxy) is 2. The number of anilines is 5. The average molecular weight is 532 g/mol. The van der Waals surface area contributed by atoms with Crippen LogP contribution in [0.5, 0.6) is 5.75 Å². The Morgan fingerprint density at radius 3 is 2.87 bits per heavy atom. The van der Waals surface area contributed by atoms with E-state index >= 15 is 0 Å². The number of nitrogens with zero attached hydrogens (tertiary/aromatic N) is 4. The van der Waals surface area contributed by atoms with Crippen LogP contribution in [0.1, 0.15) is 28.0 Å². The van der Waals surface area contributed by atoms with Gasteiger partial charge in [-0.1, -0.05) is 12.1 Å². The number of aldehydes is 1. The number of urea groups is 1. The third kappa shape index (κ3) is 5.60. The molecular weight excluding hydrogens is 502 g/mol. The van der Waals surface area contributed by atoms with Crippen LogP contribution in [0.2, 0.25) is 0 Å². The third-order valence-electron chi connectivity index (χ3n) is 6.62. The van der Waals surface area contributed by atoms with Gasteiger partial charge in [0.25, 0.3) is 0 Å². The first kappa shape index (κ1) is 25.9. The Morgan fingerprint density at radius 1 is 1.23 bits per heavy atom. The second-order valence-corrected chi connectivity index (χ2v) is 9.17. The molecule has 0 radical (unpaired) electrons. The maximum atomic E-state index is 13.3. The largest absolute Gasteiger partial charge is 0.495 e. The van der Waals surface area contributed by atoms with Crippen LogP contribution in [0.15, 0.2) is 42.6 Å². The van der Waals surface area contributed by atoms with Gasteiger partial charge in [0.2, 0.25) is 5.91 Å². The zero-order valence-corrected chi connectivity index (χ0v) is 21.5. The van der Waals surface area contributed by atoms with Gasteiger partial charge in [0, 0.05) is 31.3 Å². The summed E-state index contributed by atoms with van der Waals surface area (Å²) in [7, 11) is 1.58. The van der Waals surface area contributed by atoms with Gasteiger partial charge in [-0.25, -0.2) is 14.8 Å². The lowest BCUT2D eigenvalue weighted by Gasteiger charge is -2.30. The summed E-state index contributed by atoms with van der Waals surface area (Å²) in [4.78, 5) is 49.4. The fourth-order valence-electron chi connectivity index (χ4n) is 4.62. The topological polar surface area (TPSA) is 152 Å². The molecule has 5 rings (SSSR count). The summed E-state index contributed by atoms with van der Waals surface area (Å²) in [5.41, 5.74) is 9.45. The zero-order valence-electron chi connectivity index (χ0n) is 21.5. The van der Waals surface area contributed by atoms with E-state index in [-0.39, 0.29) is 30.6 Å². The third-order valence-corrected chi connectivity index (χ3v) is 6.62. The SMILES string of the molecule is COc1ccccc1Nc1cc(NC(=O)N2CCCc3cc(CN4CCOCC4=O)c(C=O)nc32)ncc1N. The van der Waals surface area contributed by atoms with Crippen LogP contribution in [0.3, 0.4) is 0 Å². The molecule has 2 aliphatic rings. The Balaban J connectivity index is 1.36. The molecule has 0 saturated carbocycles. The normalized spacial score (nSPS) is 14.9. The van der Waals surface area contributed by atoms with Crippen molar-refractivity contribution in [1.82, 2.24) is 14.9 Å². The highest BCUT2D eigenvalue weighted by Gasteiger charge is 2.28. The summed E-state index contributed by atoms with van der Waals surface area (Å²) in [6.45, 7) is 1.61. The summed E-state index contributed by atoms with van der Waals surface area (Å²) in [5, 5.41) is 6.03. The maximum Gasteiger partial charge on any atom is 0.328 e. The van der Waals surface area contributed by atoms with E-state index in [4.69, 9.17) is 15.2 Å². The number of morpholine rings is 1. The smallest absolute Gasteiger partial charge is 0.328 e. The Hall–Kier alpha value is -4.71. The number of carbonyl (C=O) groups excluding carboxylic acids is 3. The standard InChI is InChI=1S/C27H29N7O5/c1-38-23-7-3-2-6-20(23)30-21-12-24(29-13-19(21)28)32-27(37)34-8-4-5-17-11-18(22(15-35)31-26(17)34)14-33-9-10-39-16-25(33)36/h2-3,6-7,11-13,15H,4-5,8-10,14,16,28H2,1H3,(H2,29,30,32,37). The van der Waals surface area contributed by atoms with Crippen molar-refractivity contribution in [1.29, 1.82) is 0 Å². The second kappa shape index (κ2) is 11.4. The highest BCUT2D eigenvalue weighted by atomic mass is 16.5. The van der Waals surface area contributed by atoms with Crippen LogP contribution in [-0.4, -0.2) is 66.5 Å². The molecule has 39 heavy (non-hydrogen) atoms. The van der Waals surface area contributed by atoms with Crippen molar-refractivity contribution in [3.63, 3.8) is 0 Å². The van der Waals surface area contributed by atoms with Crippen LogP contribution in [-0.2, 0) is 22.5 Å². The summed E-state index contributed by atoms with van der Waals surface area (Å²) in [6.07, 6.45) is 3.53. The Morgan fingerprint density at radius 2 is 2.08 bits per heavy atom. The highest BCUT2D eigenvalue weighted by molar-refractivity contribution is 6.02. The Bertz CT molecular complexity index is 1410. The molecule has 4 heterocycles. The summed E-state index contributed by atoms with van der Waals surface area (Å²) in [6, 6.07) is 10.5. The fourth-order valence-corrected chi connectivity index (χ4v) is 4.62. The average Bonchev–Trinajstić information content (AvgIpc) is 2.95. The van der Waals surface area contributed by atoms with Crippen molar-refractivity contribution in [2.24, 2.45) is 0 Å². The molecule has 0 aliphatic carbocycles. The van der Waals surface area contributed by atoms with Gasteiger partial charge >= 0.3 is 6.03 Å². The zero-order chi connectivity index (χ0) is 27.4. The Labute approximate surface area is 225 Å². The highest BCUT2D eigenvalue weighted by Crippen LogP contribution is 2.32. The molecule has 1 aromatic carbocycles. The number of hydrogen-bond acceptors (Lipinski definition) is 9. The molecule has 3 amide bonds. The van der Waals surface area contributed by atoms with Gasteiger partial charge in [0.1, 0.15) is 29.7 Å². The molecule has 1 saturated heterocycles. The van der Waals surface area contributed by atoms with E-state index < -0.39 is 6.03 Å². The summed E-state index contributed by atoms with van der Waals surface area (Å²) >= 11 is 0. The minimum atomic E-state index is -0.433. The molecule has 0 atom stereocenters. The van der Waals surface area contributed by atoms with E-state index in [0.717, 1.165) is 5.56 Å². The van der Waals surface area contributed by atoms with Crippen LogP contribution in [0.25, 0.3) is 0 Å². The van der Waals surface area contributed by atoms with Crippen molar-refractivity contribution in [3.05, 3.63) is 59.4 Å². The van der Waals surface area contributed by atoms with Crippen molar-refractivity contribution in [3.8, 4) is 5.75 Å². The minimum absolute atomic E-state index is 0.0258. The molecule has 0 bridgehead atoms. The number of methoxy groups -OCH3 is 1. The molecular formula is C27H29N7O5. The quantitative estimate of drug-likeness (QED) is 0.391. The lowest BCUT2D eigenvalue weighted by molar-refractivity contribution is -0.143. The molecule has 12 nitrogen and oxygen atoms in total. The number of para-hydroxylation sites is 2. The monoisotopic (exact) mass is 531 g/mol. The number of aryl methyl sites for hydroxylation is 1. The van der Waals surface area contributed by atoms with Crippen molar-refractivity contribution in [2.75, 3.05) is 54.7 Å². The maximum absolute atomic E-state index is 13.3. The second-order valence-electron chi connectivity index (χ2n) is 9.17. The van der Waals surface area contributed by atoms with Crippen LogP contribution in [0, 0.1) is 0 Å². The number of rotatable bonds is 7. The number of pyridine rings is 2. The molecule has 0 spiro atoms. The minimum Gasteiger partial charge on any atom is -0.495 e. The number of nitrogens with one attached hydrogen (secondary N) is 2. The van der Waals surface area contributed by atoms with E-state index in [1.54, 1.807) is 18.1 Å². The van der Waals surface area contributed by atoms with E-state index in [0.29, 0.717) is 73.0 Å². The molecule has 3 aromatic rings. The molecule has 202 valence electrons. The number of benzene rings is 1. The number of amides is 3. The van der Waals surface area contributed by atoms with Crippen LogP contribution >= 0.6 is 0 Å². The lowest BCUT2D eigenvalue weighted by Crippen LogP contribution is -2.42. The molecule has 1 fully saturated rings. The first-order chi connectivity index (χ1) is 19.0. The van der Waals surface area contributed by atoms with E-state index in [9.17, 15) is 14.4 Å². The molecule has 12 heteroatoms. The molecule has 2 aliphatic heterocycles. The predicted molar refractivity (Wildman–Crippen MR) is 145 cm³/mol. The van der Waals surface area contributed by atoms with Gasteiger partial charge in [-0.15, -0.1) is 0 Å². The van der Waals surface area contributed by atoms with Crippen molar-refractivity contribution >= 4 is 46.9 Å². The number of nitrogens with two attached hydrogens (primary N) is 1. The lowest BCUT2D eigenvalue weighted by atomic mass is 10.0. The number of aromatic nitrogens is 2. The van der Waals surface area contributed by atoms with Crippen molar-refractivity contribution in [2.45, 2.75) is 19.4 Å². The predicted octanol–water partition coefficient (Wildman–Crippen LogP) is 2.97. The number of nitrogen functional groups attached to an aromatic ring is 1. The summed E-state index contributed by atoms with van der Waals surface area (Å²) in [5.74, 6) is 1.21. The van der Waals surface area contributed by atoms with Crippen LogP contribution < -0.4 is 26.0 Å². The van der Waals surface area contributed by atoms with E-state index in [2.05, 4.69) is 20.6 Å². The van der Waals surface area contributed by atoms with Gasteiger partial charge in [-0.3, -0.25) is 19.8 Å². The first-order valence-corrected chi connectivity index (χ1v) is 12.5. The molecule has 0 unspecified atom stereocenters. The van der Waals surface area contributed by atoms with Crippen LogP contribution in [0.4, 0.5) is 33.5 Å². The van der Waals surface area contributed by atoms with Gasteiger partial charge in [0.15, 0.2) is 6.29 Å². The number of fused-ring (bicyclic) bond motifs is 1. The van der Waals surface area contributed by atoms with E-state index in [1.807, 2.05) is 30.3 Å². The van der Waals surface area contributed by atoms with Gasteiger partial charge in [0.05, 0.1) is 37.0 Å². The number of hydrogen-bond donors (Lipinski definition) is 3. The first-order valence-electron chi connectivity index (χ1n) is 12.5. The van der Waals surface area contributed by atoms with E-state index in [1.165, 1.54) is 11.1 Å². The molecule has 2 aromatic heterocycles. The summed E-state index contributed by atoms with van der Waals surface area (Å²) < 4.78 is 10.6. The molecule has 4 N–H and O–H groups in total. The fraction of sp³-hybridized carbons (Fsp3) is 0.296. The van der Waals surface area contributed by atoms with Crippen molar-refractivity contribution < 1.29 is 23.9 Å². The van der Waals surface area contributed by atoms with Gasteiger partial charge in [-0.05, 0) is 36.6 Å².